The highest BCUT2D eigenvalue weighted by molar-refractivity contribution is 9.10. The summed E-state index contributed by atoms with van der Waals surface area (Å²) in [5.74, 6) is 0.195. The van der Waals surface area contributed by atoms with E-state index in [2.05, 4.69) is 37.1 Å². The number of carbonyl (C=O) groups excluding carboxylic acids is 1. The minimum Gasteiger partial charge on any atom is -0.493 e. The van der Waals surface area contributed by atoms with Crippen LogP contribution in [0.1, 0.15) is 27.7 Å². The molecule has 0 spiro atoms. The zero-order chi connectivity index (χ0) is 24.1. The second-order valence-electron chi connectivity index (χ2n) is 9.12. The Hall–Kier alpha value is -3.08. The van der Waals surface area contributed by atoms with Gasteiger partial charge in [0.25, 0.3) is 5.56 Å². The van der Waals surface area contributed by atoms with E-state index in [0.29, 0.717) is 22.8 Å². The average molecular weight is 552 g/mol. The number of azo groups is 1. The van der Waals surface area contributed by atoms with Crippen molar-refractivity contribution in [2.45, 2.75) is 25.6 Å². The van der Waals surface area contributed by atoms with Gasteiger partial charge >= 0.3 is 5.91 Å². The third kappa shape index (κ3) is 4.05. The number of aromatic nitrogens is 2. The third-order valence-corrected chi connectivity index (χ3v) is 8.19. The highest BCUT2D eigenvalue weighted by Crippen LogP contribution is 2.41. The fraction of sp³-hybridized carbons (Fsp3) is 0.280. The minimum absolute atomic E-state index is 0.0202. The molecule has 2 unspecified atom stereocenters. The number of hydrogen-bond donors (Lipinski definition) is 1. The molecule has 8 nitrogen and oxygen atoms in total. The molecule has 6 rings (SSSR count). The summed E-state index contributed by atoms with van der Waals surface area (Å²) in [6.07, 6.45) is 1.07. The zero-order valence-corrected chi connectivity index (χ0v) is 21.1. The number of carbonyl (C=O) groups is 1. The van der Waals surface area contributed by atoms with Crippen molar-refractivity contribution in [3.63, 3.8) is 0 Å². The van der Waals surface area contributed by atoms with Gasteiger partial charge in [-0.2, -0.15) is 0 Å². The topological polar surface area (TPSA) is 92.2 Å². The number of benzene rings is 1. The average Bonchev–Trinajstić information content (AvgIpc) is 3.46. The number of pyridine rings is 1. The van der Waals surface area contributed by atoms with Gasteiger partial charge in [0.05, 0.1) is 17.1 Å². The Kier molecular flexibility index (Phi) is 5.66. The molecule has 1 N–H and O–H groups in total. The van der Waals surface area contributed by atoms with Crippen molar-refractivity contribution < 1.29 is 9.90 Å². The van der Waals surface area contributed by atoms with E-state index in [1.807, 2.05) is 38.8 Å². The maximum Gasteiger partial charge on any atom is 0.305 e. The first-order chi connectivity index (χ1) is 17.0. The van der Waals surface area contributed by atoms with Gasteiger partial charge in [0.1, 0.15) is 0 Å². The standard InChI is InChI=1S/C25H22BrN5O3S/c26-17-6-7-20-18(10-17)23(27-28-24(33)21-4-2-8-35-21)25(34)31(20)14-29-11-15-9-16(13-29)19-3-1-5-22(32)30(19)12-15/h1-8,10,15-16,34H,9,11-14H2. The zero-order valence-electron chi connectivity index (χ0n) is 18.7. The van der Waals surface area contributed by atoms with Crippen molar-refractivity contribution in [2.24, 2.45) is 16.1 Å². The van der Waals surface area contributed by atoms with Crippen LogP contribution in [0.25, 0.3) is 10.9 Å². The van der Waals surface area contributed by atoms with Crippen LogP contribution in [-0.2, 0) is 13.2 Å². The number of rotatable bonds is 4. The van der Waals surface area contributed by atoms with E-state index in [4.69, 9.17) is 0 Å². The summed E-state index contributed by atoms with van der Waals surface area (Å²) in [5, 5.41) is 21.8. The molecule has 1 saturated heterocycles. The number of hydrogen-bond acceptors (Lipinski definition) is 6. The fourth-order valence-electron chi connectivity index (χ4n) is 5.39. The quantitative estimate of drug-likeness (QED) is 0.347. The van der Waals surface area contributed by atoms with E-state index < -0.39 is 5.91 Å². The number of thiophene rings is 1. The van der Waals surface area contributed by atoms with Gasteiger partial charge in [0, 0.05) is 47.2 Å². The van der Waals surface area contributed by atoms with Gasteiger partial charge in [-0.1, -0.05) is 28.1 Å². The lowest BCUT2D eigenvalue weighted by Crippen LogP contribution is -2.47. The van der Waals surface area contributed by atoms with Gasteiger partial charge < -0.3 is 9.67 Å². The Balaban J connectivity index is 1.33. The number of fused-ring (bicyclic) bond motifs is 5. The van der Waals surface area contributed by atoms with E-state index in [-0.39, 0.29) is 23.0 Å². The highest BCUT2D eigenvalue weighted by atomic mass is 79.9. The van der Waals surface area contributed by atoms with Gasteiger partial charge in [0.15, 0.2) is 5.69 Å². The van der Waals surface area contributed by atoms with E-state index in [9.17, 15) is 14.7 Å². The molecule has 35 heavy (non-hydrogen) atoms. The molecule has 2 bridgehead atoms. The van der Waals surface area contributed by atoms with Gasteiger partial charge in [-0.05, 0) is 48.1 Å². The van der Waals surface area contributed by atoms with Crippen molar-refractivity contribution in [1.29, 1.82) is 0 Å². The Morgan fingerprint density at radius 2 is 2.03 bits per heavy atom. The lowest BCUT2D eigenvalue weighted by atomic mass is 9.83. The Morgan fingerprint density at radius 3 is 2.86 bits per heavy atom. The summed E-state index contributed by atoms with van der Waals surface area (Å²) in [7, 11) is 0. The van der Waals surface area contributed by atoms with Crippen LogP contribution in [0.3, 0.4) is 0 Å². The molecular weight excluding hydrogens is 530 g/mol. The smallest absolute Gasteiger partial charge is 0.305 e. The molecule has 3 aromatic heterocycles. The molecule has 4 aromatic rings. The first-order valence-corrected chi connectivity index (χ1v) is 13.1. The van der Waals surface area contributed by atoms with Gasteiger partial charge in [0.2, 0.25) is 5.88 Å². The number of halogens is 1. The third-order valence-electron chi connectivity index (χ3n) is 6.84. The number of amides is 1. The number of likely N-dealkylation sites (tertiary alicyclic amines) is 1. The van der Waals surface area contributed by atoms with E-state index in [0.717, 1.165) is 41.7 Å². The minimum atomic E-state index is -0.437. The van der Waals surface area contributed by atoms with Crippen molar-refractivity contribution in [2.75, 3.05) is 13.1 Å². The van der Waals surface area contributed by atoms with Crippen molar-refractivity contribution in [1.82, 2.24) is 14.0 Å². The highest BCUT2D eigenvalue weighted by Gasteiger charge is 2.35. The Labute approximate surface area is 213 Å². The molecule has 2 aliphatic rings. The van der Waals surface area contributed by atoms with E-state index in [1.165, 1.54) is 11.3 Å². The Morgan fingerprint density at radius 1 is 1.14 bits per heavy atom. The van der Waals surface area contributed by atoms with Crippen LogP contribution < -0.4 is 5.56 Å². The van der Waals surface area contributed by atoms with Crippen LogP contribution in [0.2, 0.25) is 0 Å². The lowest BCUT2D eigenvalue weighted by molar-refractivity contribution is 0.0922. The number of piperidine rings is 1. The summed E-state index contributed by atoms with van der Waals surface area (Å²) < 4.78 is 4.59. The van der Waals surface area contributed by atoms with E-state index >= 15 is 0 Å². The van der Waals surface area contributed by atoms with Gasteiger partial charge in [-0.25, -0.2) is 0 Å². The molecule has 0 radical (unpaired) electrons. The predicted molar refractivity (Wildman–Crippen MR) is 138 cm³/mol. The molecule has 10 heteroatoms. The molecule has 0 saturated carbocycles. The summed E-state index contributed by atoms with van der Waals surface area (Å²) in [6.45, 7) is 2.82. The predicted octanol–water partition coefficient (Wildman–Crippen LogP) is 5.33. The largest absolute Gasteiger partial charge is 0.493 e. The summed E-state index contributed by atoms with van der Waals surface area (Å²) >= 11 is 4.80. The second kappa shape index (κ2) is 8.85. The Bertz CT molecular complexity index is 1520. The molecule has 178 valence electrons. The monoisotopic (exact) mass is 551 g/mol. The maximum atomic E-state index is 12.4. The molecular formula is C25H22BrN5O3S. The van der Waals surface area contributed by atoms with Crippen LogP contribution >= 0.6 is 27.3 Å². The SMILES string of the molecule is O=C(N=Nc1c(O)n(CN2CC3CC(C2)c2cccc(=O)n2C3)c2ccc(Br)cc12)c1cccs1. The van der Waals surface area contributed by atoms with Crippen LogP contribution in [0.4, 0.5) is 5.69 Å². The van der Waals surface area contributed by atoms with Crippen LogP contribution in [0.5, 0.6) is 5.88 Å². The summed E-state index contributed by atoms with van der Waals surface area (Å²) in [4.78, 5) is 27.5. The van der Waals surface area contributed by atoms with Crippen molar-refractivity contribution in [3.8, 4) is 5.88 Å². The first kappa shape index (κ1) is 22.4. The lowest BCUT2D eigenvalue weighted by Gasteiger charge is -2.42. The molecule has 1 amide bonds. The van der Waals surface area contributed by atoms with Crippen molar-refractivity contribution >= 4 is 49.8 Å². The summed E-state index contributed by atoms with van der Waals surface area (Å²) in [5.41, 5.74) is 2.25. The van der Waals surface area contributed by atoms with Gasteiger partial charge in [-0.15, -0.1) is 21.6 Å². The molecule has 1 aromatic carbocycles. The summed E-state index contributed by atoms with van der Waals surface area (Å²) in [6, 6.07) is 14.7. The number of aromatic hydroxyl groups is 1. The molecule has 5 heterocycles. The number of nitrogens with zero attached hydrogens (tertiary/aromatic N) is 5. The second-order valence-corrected chi connectivity index (χ2v) is 11.0. The van der Waals surface area contributed by atoms with Crippen LogP contribution in [0, 0.1) is 5.92 Å². The van der Waals surface area contributed by atoms with Gasteiger partial charge in [-0.3, -0.25) is 19.1 Å². The maximum absolute atomic E-state index is 12.4. The van der Waals surface area contributed by atoms with Crippen LogP contribution in [0.15, 0.2) is 73.4 Å². The van der Waals surface area contributed by atoms with E-state index in [1.54, 1.807) is 18.2 Å². The molecule has 2 atom stereocenters. The fourth-order valence-corrected chi connectivity index (χ4v) is 6.36. The first-order valence-electron chi connectivity index (χ1n) is 11.4. The molecule has 0 aliphatic carbocycles. The molecule has 1 fully saturated rings. The van der Waals surface area contributed by atoms with Crippen LogP contribution in [-0.4, -0.2) is 38.1 Å². The molecule has 2 aliphatic heterocycles. The normalized spacial score (nSPS) is 19.9. The van der Waals surface area contributed by atoms with Crippen molar-refractivity contribution in [3.05, 3.63) is 79.3 Å².